The fraction of sp³-hybridized carbons (Fsp3) is 0.0833. The van der Waals surface area contributed by atoms with E-state index < -0.39 is 0 Å². The minimum atomic E-state index is -0.107. The van der Waals surface area contributed by atoms with E-state index in [0.717, 1.165) is 21.8 Å². The first-order valence-electron chi connectivity index (χ1n) is 4.97. The molecule has 0 radical (unpaired) electrons. The summed E-state index contributed by atoms with van der Waals surface area (Å²) in [6, 6.07) is 5.40. The highest BCUT2D eigenvalue weighted by Gasteiger charge is 2.10. The van der Waals surface area contributed by atoms with Gasteiger partial charge in [-0.05, 0) is 23.6 Å². The fourth-order valence-electron chi connectivity index (χ4n) is 2.06. The van der Waals surface area contributed by atoms with Crippen LogP contribution in [0.25, 0.3) is 21.8 Å². The summed E-state index contributed by atoms with van der Waals surface area (Å²) < 4.78 is 5.14. The Morgan fingerprint density at radius 3 is 2.71 bits per heavy atom. The SMILES string of the molecule is COc1c(=O)cc2cc[nH]c3cc[nH]c1c23.Cl. The van der Waals surface area contributed by atoms with Crippen molar-refractivity contribution in [1.82, 2.24) is 9.97 Å². The molecule has 0 spiro atoms. The summed E-state index contributed by atoms with van der Waals surface area (Å²) in [7, 11) is 1.51. The Morgan fingerprint density at radius 1 is 1.18 bits per heavy atom. The molecule has 0 aliphatic rings. The van der Waals surface area contributed by atoms with E-state index in [-0.39, 0.29) is 17.8 Å². The van der Waals surface area contributed by atoms with Crippen LogP contribution in [-0.4, -0.2) is 17.1 Å². The molecule has 0 amide bonds. The molecule has 3 rings (SSSR count). The molecule has 0 atom stereocenters. The van der Waals surface area contributed by atoms with Crippen molar-refractivity contribution in [1.29, 1.82) is 0 Å². The smallest absolute Gasteiger partial charge is 0.223 e. The molecule has 2 N–H and O–H groups in total. The molecule has 4 nitrogen and oxygen atoms in total. The number of aromatic nitrogens is 2. The van der Waals surface area contributed by atoms with Crippen molar-refractivity contribution in [3.8, 4) is 5.75 Å². The van der Waals surface area contributed by atoms with Crippen molar-refractivity contribution in [3.05, 3.63) is 40.8 Å². The Bertz CT molecular complexity index is 725. The van der Waals surface area contributed by atoms with Crippen molar-refractivity contribution < 1.29 is 4.74 Å². The number of nitrogens with one attached hydrogen (secondary N) is 2. The van der Waals surface area contributed by atoms with Crippen molar-refractivity contribution >= 4 is 34.2 Å². The lowest BCUT2D eigenvalue weighted by Gasteiger charge is -2.08. The lowest BCUT2D eigenvalue weighted by atomic mass is 10.1. The molecule has 5 heteroatoms. The van der Waals surface area contributed by atoms with Crippen molar-refractivity contribution in [2.45, 2.75) is 0 Å². The normalized spacial score (nSPS) is 10.4. The molecule has 0 aliphatic heterocycles. The van der Waals surface area contributed by atoms with E-state index in [9.17, 15) is 4.79 Å². The third kappa shape index (κ3) is 1.57. The van der Waals surface area contributed by atoms with Crippen LogP contribution in [0, 0.1) is 0 Å². The highest BCUT2D eigenvalue weighted by Crippen LogP contribution is 2.27. The minimum Gasteiger partial charge on any atom is -0.491 e. The Balaban J connectivity index is 0.00000108. The first kappa shape index (κ1) is 11.5. The number of hydrogen-bond acceptors (Lipinski definition) is 2. The summed E-state index contributed by atoms with van der Waals surface area (Å²) in [5.74, 6) is 0.359. The average molecular weight is 251 g/mol. The molecular weight excluding hydrogens is 240 g/mol. The van der Waals surface area contributed by atoms with E-state index in [4.69, 9.17) is 4.74 Å². The summed E-state index contributed by atoms with van der Waals surface area (Å²) in [4.78, 5) is 18.0. The number of halogens is 1. The first-order valence-corrected chi connectivity index (χ1v) is 4.97. The van der Waals surface area contributed by atoms with Crippen LogP contribution >= 0.6 is 12.4 Å². The van der Waals surface area contributed by atoms with E-state index in [1.807, 2.05) is 18.3 Å². The summed E-state index contributed by atoms with van der Waals surface area (Å²) in [5.41, 5.74) is 1.61. The predicted molar refractivity (Wildman–Crippen MR) is 70.2 cm³/mol. The molecule has 1 aromatic carbocycles. The van der Waals surface area contributed by atoms with Crippen LogP contribution in [0.4, 0.5) is 0 Å². The van der Waals surface area contributed by atoms with Gasteiger partial charge in [-0.25, -0.2) is 0 Å². The van der Waals surface area contributed by atoms with Gasteiger partial charge in [-0.1, -0.05) is 0 Å². The number of aromatic amines is 2. The standard InChI is InChI=1S/C12H10N2O2.ClH/c1-16-12-9(15)6-7-2-4-13-8-3-5-14-11(12)10(7)8;/h2-6,13-14H,1H3;1H. The predicted octanol–water partition coefficient (Wildman–Crippen LogP) is 2.44. The number of pyridine rings is 2. The number of H-pyrrole nitrogens is 2. The molecule has 0 unspecified atom stereocenters. The number of methoxy groups -OCH3 is 1. The number of benzene rings is 1. The van der Waals surface area contributed by atoms with Gasteiger partial charge in [-0.3, -0.25) is 4.79 Å². The van der Waals surface area contributed by atoms with Gasteiger partial charge in [-0.2, -0.15) is 0 Å². The van der Waals surface area contributed by atoms with Gasteiger partial charge in [0.2, 0.25) is 5.43 Å². The molecule has 3 aromatic rings. The van der Waals surface area contributed by atoms with E-state index in [0.29, 0.717) is 5.75 Å². The summed E-state index contributed by atoms with van der Waals surface area (Å²) >= 11 is 0. The van der Waals surface area contributed by atoms with Crippen molar-refractivity contribution in [2.75, 3.05) is 7.11 Å². The second-order valence-corrected chi connectivity index (χ2v) is 3.62. The van der Waals surface area contributed by atoms with Gasteiger partial charge in [0.15, 0.2) is 5.75 Å². The molecule has 0 saturated heterocycles. The van der Waals surface area contributed by atoms with Crippen LogP contribution in [0.5, 0.6) is 5.75 Å². The molecule has 17 heavy (non-hydrogen) atoms. The van der Waals surface area contributed by atoms with Crippen LogP contribution in [0.15, 0.2) is 35.4 Å². The van der Waals surface area contributed by atoms with E-state index in [1.54, 1.807) is 12.3 Å². The molecule has 0 aliphatic carbocycles. The minimum absolute atomic E-state index is 0. The summed E-state index contributed by atoms with van der Waals surface area (Å²) in [6.45, 7) is 0. The first-order chi connectivity index (χ1) is 7.81. The van der Waals surface area contributed by atoms with Crippen LogP contribution in [0.3, 0.4) is 0 Å². The Labute approximate surface area is 103 Å². The van der Waals surface area contributed by atoms with E-state index in [1.165, 1.54) is 7.11 Å². The van der Waals surface area contributed by atoms with Gasteiger partial charge in [0.1, 0.15) is 0 Å². The van der Waals surface area contributed by atoms with Gasteiger partial charge in [-0.15, -0.1) is 12.4 Å². The zero-order valence-corrected chi connectivity index (χ0v) is 9.93. The zero-order chi connectivity index (χ0) is 11.1. The van der Waals surface area contributed by atoms with Crippen LogP contribution < -0.4 is 10.2 Å². The van der Waals surface area contributed by atoms with Crippen molar-refractivity contribution in [2.24, 2.45) is 0 Å². The maximum atomic E-state index is 11.8. The second-order valence-electron chi connectivity index (χ2n) is 3.62. The van der Waals surface area contributed by atoms with Gasteiger partial charge in [0.25, 0.3) is 0 Å². The van der Waals surface area contributed by atoms with Gasteiger partial charge in [0.05, 0.1) is 12.6 Å². The van der Waals surface area contributed by atoms with Gasteiger partial charge in [0, 0.05) is 23.3 Å². The second kappa shape index (κ2) is 4.14. The molecular formula is C12H11ClN2O2. The van der Waals surface area contributed by atoms with Crippen LogP contribution in [-0.2, 0) is 0 Å². The van der Waals surface area contributed by atoms with Gasteiger partial charge >= 0.3 is 0 Å². The lowest BCUT2D eigenvalue weighted by Crippen LogP contribution is -2.05. The highest BCUT2D eigenvalue weighted by atomic mass is 35.5. The monoisotopic (exact) mass is 250 g/mol. The molecule has 2 heterocycles. The molecule has 0 saturated carbocycles. The fourth-order valence-corrected chi connectivity index (χ4v) is 2.06. The molecule has 2 aromatic heterocycles. The molecule has 88 valence electrons. The topological polar surface area (TPSA) is 57.9 Å². The maximum Gasteiger partial charge on any atom is 0.223 e. The zero-order valence-electron chi connectivity index (χ0n) is 9.11. The Hall–Kier alpha value is -1.94. The summed E-state index contributed by atoms with van der Waals surface area (Å²) in [5, 5.41) is 1.90. The number of ether oxygens (including phenoxy) is 1. The lowest BCUT2D eigenvalue weighted by molar-refractivity contribution is 0.415. The van der Waals surface area contributed by atoms with E-state index in [2.05, 4.69) is 9.97 Å². The third-order valence-corrected chi connectivity index (χ3v) is 2.73. The maximum absolute atomic E-state index is 11.8. The Kier molecular flexibility index (Phi) is 2.81. The third-order valence-electron chi connectivity index (χ3n) is 2.73. The molecule has 0 fully saturated rings. The summed E-state index contributed by atoms with van der Waals surface area (Å²) in [6.07, 6.45) is 3.61. The van der Waals surface area contributed by atoms with Crippen molar-refractivity contribution in [3.63, 3.8) is 0 Å². The van der Waals surface area contributed by atoms with Crippen LogP contribution in [0.1, 0.15) is 0 Å². The van der Waals surface area contributed by atoms with Crippen LogP contribution in [0.2, 0.25) is 0 Å². The number of rotatable bonds is 1. The highest BCUT2D eigenvalue weighted by molar-refractivity contribution is 6.08. The number of hydrogen-bond donors (Lipinski definition) is 2. The Morgan fingerprint density at radius 2 is 1.94 bits per heavy atom. The quantitative estimate of drug-likeness (QED) is 0.697. The molecule has 0 bridgehead atoms. The average Bonchev–Trinajstić information content (AvgIpc) is 2.30. The van der Waals surface area contributed by atoms with E-state index >= 15 is 0 Å². The van der Waals surface area contributed by atoms with Gasteiger partial charge < -0.3 is 14.7 Å². The largest absolute Gasteiger partial charge is 0.491 e.